The standard InChI is InChI=1S/C19H15F2N/c1-12-4-3-5-14(10-12)18-16(20)7-6-15(19(18)21)17-11-13(2)8-9-22-17/h3-11H,1-2H3. The molecule has 0 unspecified atom stereocenters. The highest BCUT2D eigenvalue weighted by Gasteiger charge is 2.17. The summed E-state index contributed by atoms with van der Waals surface area (Å²) in [6.45, 7) is 3.80. The van der Waals surface area contributed by atoms with E-state index in [1.165, 1.54) is 12.1 Å². The fraction of sp³-hybridized carbons (Fsp3) is 0.105. The number of rotatable bonds is 2. The summed E-state index contributed by atoms with van der Waals surface area (Å²) in [5.41, 5.74) is 3.27. The Balaban J connectivity index is 2.22. The van der Waals surface area contributed by atoms with Crippen LogP contribution in [0, 0.1) is 25.5 Å². The first-order valence-electron chi connectivity index (χ1n) is 7.04. The van der Waals surface area contributed by atoms with Crippen LogP contribution in [0.15, 0.2) is 54.7 Å². The Morgan fingerprint density at radius 2 is 1.64 bits per heavy atom. The Hall–Kier alpha value is -2.55. The fourth-order valence-corrected chi connectivity index (χ4v) is 2.50. The Kier molecular flexibility index (Phi) is 3.72. The second-order valence-electron chi connectivity index (χ2n) is 5.37. The van der Waals surface area contributed by atoms with Crippen LogP contribution in [0.5, 0.6) is 0 Å². The predicted octanol–water partition coefficient (Wildman–Crippen LogP) is 5.31. The van der Waals surface area contributed by atoms with E-state index in [-0.39, 0.29) is 5.56 Å². The number of aromatic nitrogens is 1. The molecule has 0 amide bonds. The number of nitrogens with zero attached hydrogens (tertiary/aromatic N) is 1. The third-order valence-corrected chi connectivity index (χ3v) is 3.59. The first kappa shape index (κ1) is 14.4. The van der Waals surface area contributed by atoms with Gasteiger partial charge in [0, 0.05) is 11.8 Å². The number of hydrogen-bond donors (Lipinski definition) is 0. The van der Waals surface area contributed by atoms with E-state index in [1.807, 2.05) is 26.0 Å². The molecule has 2 aromatic carbocycles. The van der Waals surface area contributed by atoms with Crippen LogP contribution in [0.2, 0.25) is 0 Å². The van der Waals surface area contributed by atoms with Gasteiger partial charge in [-0.15, -0.1) is 0 Å². The predicted molar refractivity (Wildman–Crippen MR) is 84.5 cm³/mol. The molecule has 0 aliphatic carbocycles. The van der Waals surface area contributed by atoms with E-state index in [4.69, 9.17) is 0 Å². The van der Waals surface area contributed by atoms with Gasteiger partial charge in [0.25, 0.3) is 0 Å². The van der Waals surface area contributed by atoms with Crippen molar-refractivity contribution in [3.05, 3.63) is 77.5 Å². The molecule has 0 aliphatic heterocycles. The number of halogens is 2. The Morgan fingerprint density at radius 1 is 0.864 bits per heavy atom. The molecule has 3 rings (SSSR count). The maximum atomic E-state index is 14.9. The lowest BCUT2D eigenvalue weighted by atomic mass is 9.98. The molecule has 0 fully saturated rings. The quantitative estimate of drug-likeness (QED) is 0.624. The third-order valence-electron chi connectivity index (χ3n) is 3.59. The van der Waals surface area contributed by atoms with Gasteiger partial charge in [-0.3, -0.25) is 4.98 Å². The summed E-state index contributed by atoms with van der Waals surface area (Å²) >= 11 is 0. The van der Waals surface area contributed by atoms with Crippen LogP contribution in [0.4, 0.5) is 8.78 Å². The van der Waals surface area contributed by atoms with Crippen LogP contribution in [0.1, 0.15) is 11.1 Å². The molecule has 0 aliphatic rings. The Morgan fingerprint density at radius 3 is 2.36 bits per heavy atom. The molecule has 0 saturated carbocycles. The molecule has 1 nitrogen and oxygen atoms in total. The molecule has 3 heteroatoms. The maximum absolute atomic E-state index is 14.9. The topological polar surface area (TPSA) is 12.9 Å². The minimum atomic E-state index is -0.580. The first-order chi connectivity index (χ1) is 10.6. The molecule has 1 aromatic heterocycles. The molecule has 0 bridgehead atoms. The van der Waals surface area contributed by atoms with E-state index in [1.54, 1.807) is 30.5 Å². The third kappa shape index (κ3) is 2.62. The molecule has 0 atom stereocenters. The van der Waals surface area contributed by atoms with Crippen molar-refractivity contribution in [2.45, 2.75) is 13.8 Å². The summed E-state index contributed by atoms with van der Waals surface area (Å²) < 4.78 is 29.1. The van der Waals surface area contributed by atoms with E-state index in [9.17, 15) is 8.78 Å². The highest BCUT2D eigenvalue weighted by Crippen LogP contribution is 2.33. The van der Waals surface area contributed by atoms with Crippen molar-refractivity contribution >= 4 is 0 Å². The van der Waals surface area contributed by atoms with Crippen LogP contribution in [-0.4, -0.2) is 4.98 Å². The lowest BCUT2D eigenvalue weighted by Crippen LogP contribution is -1.96. The second kappa shape index (κ2) is 5.68. The molecule has 1 heterocycles. The van der Waals surface area contributed by atoms with Crippen LogP contribution in [0.3, 0.4) is 0 Å². The molecular weight excluding hydrogens is 280 g/mol. The largest absolute Gasteiger partial charge is 0.256 e. The van der Waals surface area contributed by atoms with Gasteiger partial charge in [-0.05, 0) is 49.2 Å². The summed E-state index contributed by atoms with van der Waals surface area (Å²) in [6.07, 6.45) is 1.62. The zero-order chi connectivity index (χ0) is 15.7. The minimum Gasteiger partial charge on any atom is -0.256 e. The van der Waals surface area contributed by atoms with Crippen molar-refractivity contribution in [1.82, 2.24) is 4.98 Å². The van der Waals surface area contributed by atoms with E-state index in [2.05, 4.69) is 4.98 Å². The molecule has 3 aromatic rings. The SMILES string of the molecule is Cc1cccc(-c2c(F)ccc(-c3cc(C)ccn3)c2F)c1. The number of aryl methyl sites for hydroxylation is 2. The van der Waals surface area contributed by atoms with Gasteiger partial charge in [0.2, 0.25) is 0 Å². The zero-order valence-electron chi connectivity index (χ0n) is 12.4. The van der Waals surface area contributed by atoms with Crippen LogP contribution >= 0.6 is 0 Å². The van der Waals surface area contributed by atoms with Gasteiger partial charge >= 0.3 is 0 Å². The average Bonchev–Trinajstić information content (AvgIpc) is 2.47. The summed E-state index contributed by atoms with van der Waals surface area (Å²) in [4.78, 5) is 4.19. The summed E-state index contributed by atoms with van der Waals surface area (Å²) in [5.74, 6) is -1.15. The van der Waals surface area contributed by atoms with E-state index < -0.39 is 11.6 Å². The molecule has 22 heavy (non-hydrogen) atoms. The highest BCUT2D eigenvalue weighted by atomic mass is 19.1. The smallest absolute Gasteiger partial charge is 0.143 e. The van der Waals surface area contributed by atoms with E-state index in [0.717, 1.165) is 11.1 Å². The van der Waals surface area contributed by atoms with Gasteiger partial charge in [0.1, 0.15) is 11.6 Å². The Labute approximate surface area is 128 Å². The summed E-state index contributed by atoms with van der Waals surface area (Å²) in [5, 5.41) is 0. The molecule has 0 spiro atoms. The number of pyridine rings is 1. The van der Waals surface area contributed by atoms with Crippen molar-refractivity contribution in [2.75, 3.05) is 0 Å². The van der Waals surface area contributed by atoms with Crippen molar-refractivity contribution in [3.63, 3.8) is 0 Å². The van der Waals surface area contributed by atoms with Gasteiger partial charge in [-0.25, -0.2) is 8.78 Å². The van der Waals surface area contributed by atoms with Gasteiger partial charge < -0.3 is 0 Å². The minimum absolute atomic E-state index is 0.00972. The number of benzene rings is 2. The molecule has 0 radical (unpaired) electrons. The van der Waals surface area contributed by atoms with Crippen LogP contribution < -0.4 is 0 Å². The lowest BCUT2D eigenvalue weighted by molar-refractivity contribution is 0.591. The van der Waals surface area contributed by atoms with Gasteiger partial charge in [-0.2, -0.15) is 0 Å². The van der Waals surface area contributed by atoms with Gasteiger partial charge in [0.05, 0.1) is 11.3 Å². The first-order valence-corrected chi connectivity index (χ1v) is 7.04. The van der Waals surface area contributed by atoms with E-state index in [0.29, 0.717) is 16.8 Å². The zero-order valence-corrected chi connectivity index (χ0v) is 12.4. The molecule has 0 N–H and O–H groups in total. The average molecular weight is 295 g/mol. The summed E-state index contributed by atoms with van der Waals surface area (Å²) in [6, 6.07) is 13.5. The monoisotopic (exact) mass is 295 g/mol. The summed E-state index contributed by atoms with van der Waals surface area (Å²) in [7, 11) is 0. The van der Waals surface area contributed by atoms with Crippen molar-refractivity contribution in [3.8, 4) is 22.4 Å². The van der Waals surface area contributed by atoms with E-state index >= 15 is 0 Å². The normalized spacial score (nSPS) is 10.7. The van der Waals surface area contributed by atoms with Gasteiger partial charge in [0.15, 0.2) is 0 Å². The van der Waals surface area contributed by atoms with Crippen molar-refractivity contribution in [1.29, 1.82) is 0 Å². The second-order valence-corrected chi connectivity index (χ2v) is 5.37. The van der Waals surface area contributed by atoms with Crippen LogP contribution in [0.25, 0.3) is 22.4 Å². The molecule has 0 saturated heterocycles. The molecule has 110 valence electrons. The van der Waals surface area contributed by atoms with Crippen LogP contribution in [-0.2, 0) is 0 Å². The fourth-order valence-electron chi connectivity index (χ4n) is 2.50. The highest BCUT2D eigenvalue weighted by molar-refractivity contribution is 5.73. The maximum Gasteiger partial charge on any atom is 0.143 e. The number of hydrogen-bond acceptors (Lipinski definition) is 1. The van der Waals surface area contributed by atoms with Crippen molar-refractivity contribution < 1.29 is 8.78 Å². The molecular formula is C19H15F2N. The lowest BCUT2D eigenvalue weighted by Gasteiger charge is -2.10. The Bertz CT molecular complexity index is 841. The van der Waals surface area contributed by atoms with Crippen molar-refractivity contribution in [2.24, 2.45) is 0 Å². The van der Waals surface area contributed by atoms with Gasteiger partial charge in [-0.1, -0.05) is 29.8 Å².